The van der Waals surface area contributed by atoms with Crippen LogP contribution in [0, 0.1) is 0 Å². The van der Waals surface area contributed by atoms with Crippen LogP contribution in [0.15, 0.2) is 34.2 Å². The summed E-state index contributed by atoms with van der Waals surface area (Å²) in [5.74, 6) is 2.03. The van der Waals surface area contributed by atoms with E-state index in [0.29, 0.717) is 6.04 Å². The van der Waals surface area contributed by atoms with E-state index < -0.39 is 0 Å². The van der Waals surface area contributed by atoms with E-state index in [4.69, 9.17) is 21.3 Å². The van der Waals surface area contributed by atoms with Gasteiger partial charge in [-0.2, -0.15) is 0 Å². The zero-order valence-electron chi connectivity index (χ0n) is 15.5. The number of aliphatic imine (C=N–C) groups is 1. The second-order valence-corrected chi connectivity index (χ2v) is 8.18. The maximum absolute atomic E-state index is 5.93. The van der Waals surface area contributed by atoms with Gasteiger partial charge >= 0.3 is 0 Å². The lowest BCUT2D eigenvalue weighted by Gasteiger charge is -2.32. The Morgan fingerprint density at radius 3 is 2.77 bits per heavy atom. The van der Waals surface area contributed by atoms with Gasteiger partial charge < -0.3 is 15.0 Å². The van der Waals surface area contributed by atoms with Crippen molar-refractivity contribution in [3.8, 4) is 0 Å². The normalized spacial score (nSPS) is 22.0. The zero-order chi connectivity index (χ0) is 18.2. The SMILES string of the molecule is CCNC(=NCCSc1ccc(Cl)cc1)N1CCC(N2CCOCC2)C1. The molecule has 1 aromatic carbocycles. The van der Waals surface area contributed by atoms with Crippen LogP contribution < -0.4 is 5.32 Å². The lowest BCUT2D eigenvalue weighted by atomic mass is 10.2. The molecule has 1 N–H and O–H groups in total. The summed E-state index contributed by atoms with van der Waals surface area (Å²) >= 11 is 7.76. The highest BCUT2D eigenvalue weighted by Crippen LogP contribution is 2.20. The highest BCUT2D eigenvalue weighted by molar-refractivity contribution is 7.99. The van der Waals surface area contributed by atoms with Crippen LogP contribution in [0.25, 0.3) is 0 Å². The second-order valence-electron chi connectivity index (χ2n) is 6.57. The minimum atomic E-state index is 0.631. The van der Waals surface area contributed by atoms with E-state index in [9.17, 15) is 0 Å². The van der Waals surface area contributed by atoms with E-state index >= 15 is 0 Å². The number of halogens is 1. The molecule has 0 spiro atoms. The number of guanidine groups is 1. The summed E-state index contributed by atoms with van der Waals surface area (Å²) in [6, 6.07) is 8.64. The molecule has 1 unspecified atom stereocenters. The molecule has 3 rings (SSSR count). The molecule has 0 bridgehead atoms. The third-order valence-corrected chi connectivity index (χ3v) is 6.04. The Bertz CT molecular complexity index is 577. The van der Waals surface area contributed by atoms with Gasteiger partial charge in [-0.15, -0.1) is 11.8 Å². The van der Waals surface area contributed by atoms with Crippen molar-refractivity contribution in [3.63, 3.8) is 0 Å². The number of hydrogen-bond acceptors (Lipinski definition) is 4. The largest absolute Gasteiger partial charge is 0.379 e. The number of thioether (sulfide) groups is 1. The summed E-state index contributed by atoms with van der Waals surface area (Å²) in [5.41, 5.74) is 0. The first-order chi connectivity index (χ1) is 12.8. The summed E-state index contributed by atoms with van der Waals surface area (Å²) in [7, 11) is 0. The van der Waals surface area contributed by atoms with Crippen molar-refractivity contribution in [2.45, 2.75) is 24.3 Å². The van der Waals surface area contributed by atoms with Crippen LogP contribution >= 0.6 is 23.4 Å². The molecule has 26 heavy (non-hydrogen) atoms. The van der Waals surface area contributed by atoms with Gasteiger partial charge in [0.15, 0.2) is 5.96 Å². The van der Waals surface area contributed by atoms with Crippen molar-refractivity contribution >= 4 is 29.3 Å². The molecular weight excluding hydrogens is 368 g/mol. The van der Waals surface area contributed by atoms with Crippen LogP contribution in [-0.4, -0.2) is 80.0 Å². The number of hydrogen-bond donors (Lipinski definition) is 1. The summed E-state index contributed by atoms with van der Waals surface area (Å²) < 4.78 is 5.48. The number of ether oxygens (including phenoxy) is 1. The first-order valence-corrected chi connectivity index (χ1v) is 10.9. The molecule has 1 atom stereocenters. The molecule has 0 aromatic heterocycles. The standard InChI is InChI=1S/C19H29ClN4OS/c1-2-21-19(22-8-14-26-18-5-3-16(20)4-6-18)24-9-7-17(15-24)23-10-12-25-13-11-23/h3-6,17H,2,7-15H2,1H3,(H,21,22). The van der Waals surface area contributed by atoms with Gasteiger partial charge in [0, 0.05) is 54.4 Å². The molecule has 0 radical (unpaired) electrons. The maximum Gasteiger partial charge on any atom is 0.193 e. The van der Waals surface area contributed by atoms with Gasteiger partial charge in [-0.3, -0.25) is 9.89 Å². The Kier molecular flexibility index (Phi) is 7.92. The second kappa shape index (κ2) is 10.4. The number of morpholine rings is 1. The molecule has 0 amide bonds. The fourth-order valence-corrected chi connectivity index (χ4v) is 4.32. The number of benzene rings is 1. The minimum Gasteiger partial charge on any atom is -0.379 e. The average Bonchev–Trinajstić information content (AvgIpc) is 3.16. The van der Waals surface area contributed by atoms with Gasteiger partial charge in [0.1, 0.15) is 0 Å². The van der Waals surface area contributed by atoms with Gasteiger partial charge in [-0.05, 0) is 37.6 Å². The molecule has 0 aliphatic carbocycles. The van der Waals surface area contributed by atoms with Gasteiger partial charge in [0.25, 0.3) is 0 Å². The molecule has 144 valence electrons. The quantitative estimate of drug-likeness (QED) is 0.346. The molecule has 1 aromatic rings. The lowest BCUT2D eigenvalue weighted by Crippen LogP contribution is -2.46. The first kappa shape index (κ1) is 19.8. The van der Waals surface area contributed by atoms with Gasteiger partial charge in [-0.1, -0.05) is 11.6 Å². The third-order valence-electron chi connectivity index (χ3n) is 4.80. The van der Waals surface area contributed by atoms with E-state index in [-0.39, 0.29) is 0 Å². The van der Waals surface area contributed by atoms with Crippen LogP contribution in [0.5, 0.6) is 0 Å². The minimum absolute atomic E-state index is 0.631. The van der Waals surface area contributed by atoms with Crippen molar-refractivity contribution in [3.05, 3.63) is 29.3 Å². The third kappa shape index (κ3) is 5.78. The van der Waals surface area contributed by atoms with Crippen LogP contribution in [0.3, 0.4) is 0 Å². The Balaban J connectivity index is 1.48. The lowest BCUT2D eigenvalue weighted by molar-refractivity contribution is 0.0195. The van der Waals surface area contributed by atoms with Crippen LogP contribution in [-0.2, 0) is 4.74 Å². The zero-order valence-corrected chi connectivity index (χ0v) is 17.1. The maximum atomic E-state index is 5.93. The monoisotopic (exact) mass is 396 g/mol. The van der Waals surface area contributed by atoms with Crippen LogP contribution in [0.2, 0.25) is 5.02 Å². The molecule has 2 aliphatic heterocycles. The van der Waals surface area contributed by atoms with E-state index in [0.717, 1.165) is 69.2 Å². The van der Waals surface area contributed by atoms with Crippen molar-refractivity contribution in [2.75, 3.05) is 58.2 Å². The molecule has 0 saturated carbocycles. The van der Waals surface area contributed by atoms with Crippen molar-refractivity contribution in [1.82, 2.24) is 15.1 Å². The number of nitrogens with one attached hydrogen (secondary N) is 1. The number of nitrogens with zero attached hydrogens (tertiary/aromatic N) is 3. The molecule has 2 saturated heterocycles. The Morgan fingerprint density at radius 1 is 1.27 bits per heavy atom. The molecular formula is C19H29ClN4OS. The molecule has 2 heterocycles. The van der Waals surface area contributed by atoms with Crippen LogP contribution in [0.4, 0.5) is 0 Å². The van der Waals surface area contributed by atoms with Crippen molar-refractivity contribution in [2.24, 2.45) is 4.99 Å². The van der Waals surface area contributed by atoms with Gasteiger partial charge in [0.05, 0.1) is 19.8 Å². The Hall–Kier alpha value is -0.950. The highest BCUT2D eigenvalue weighted by Gasteiger charge is 2.30. The van der Waals surface area contributed by atoms with E-state index in [2.05, 4.69) is 34.2 Å². The molecule has 5 nitrogen and oxygen atoms in total. The predicted molar refractivity (Wildman–Crippen MR) is 111 cm³/mol. The van der Waals surface area contributed by atoms with Gasteiger partial charge in [0.2, 0.25) is 0 Å². The van der Waals surface area contributed by atoms with E-state index in [1.165, 1.54) is 11.3 Å². The van der Waals surface area contributed by atoms with Crippen LogP contribution in [0.1, 0.15) is 13.3 Å². The highest BCUT2D eigenvalue weighted by atomic mass is 35.5. The molecule has 7 heteroatoms. The van der Waals surface area contributed by atoms with Crippen molar-refractivity contribution < 1.29 is 4.74 Å². The summed E-state index contributed by atoms with van der Waals surface area (Å²) in [6.07, 6.45) is 1.21. The summed E-state index contributed by atoms with van der Waals surface area (Å²) in [5, 5.41) is 4.24. The van der Waals surface area contributed by atoms with E-state index in [1.807, 2.05) is 23.9 Å². The number of rotatable bonds is 6. The van der Waals surface area contributed by atoms with Crippen molar-refractivity contribution in [1.29, 1.82) is 0 Å². The molecule has 2 fully saturated rings. The first-order valence-electron chi connectivity index (χ1n) is 9.49. The predicted octanol–water partition coefficient (Wildman–Crippen LogP) is 2.80. The Morgan fingerprint density at radius 2 is 2.04 bits per heavy atom. The smallest absolute Gasteiger partial charge is 0.193 e. The van der Waals surface area contributed by atoms with E-state index in [1.54, 1.807) is 0 Å². The fraction of sp³-hybridized carbons (Fsp3) is 0.632. The number of likely N-dealkylation sites (tertiary alicyclic amines) is 1. The average molecular weight is 397 g/mol. The molecule has 2 aliphatic rings. The topological polar surface area (TPSA) is 40.1 Å². The summed E-state index contributed by atoms with van der Waals surface area (Å²) in [6.45, 7) is 9.85. The fourth-order valence-electron chi connectivity index (χ4n) is 3.45. The Labute approximate surface area is 166 Å². The summed E-state index contributed by atoms with van der Waals surface area (Å²) in [4.78, 5) is 11.1. The van der Waals surface area contributed by atoms with Gasteiger partial charge in [-0.25, -0.2) is 0 Å².